The summed E-state index contributed by atoms with van der Waals surface area (Å²) in [5.41, 5.74) is 5.09. The van der Waals surface area contributed by atoms with Crippen molar-refractivity contribution in [3.05, 3.63) is 125 Å². The first-order valence-electron chi connectivity index (χ1n) is 16.1. The Bertz CT molecular complexity index is 1860. The van der Waals surface area contributed by atoms with E-state index in [2.05, 4.69) is 69.3 Å². The number of benzene rings is 5. The first kappa shape index (κ1) is 30.5. The van der Waals surface area contributed by atoms with E-state index in [4.69, 9.17) is 0 Å². The van der Waals surface area contributed by atoms with Crippen LogP contribution in [0.5, 0.6) is 0 Å². The van der Waals surface area contributed by atoms with Gasteiger partial charge in [0.1, 0.15) is 6.54 Å². The highest BCUT2D eigenvalue weighted by Crippen LogP contribution is 2.31. The fourth-order valence-electron chi connectivity index (χ4n) is 7.40. The first-order valence-corrected chi connectivity index (χ1v) is 17.6. The lowest BCUT2D eigenvalue weighted by atomic mass is 9.91. The SMILES string of the molecule is CC[N+]1(Cc2cc(C)cc(C)c2)CCCC(CCN(Cc2ccc3ccccc3c2)S(=O)(=O)c2ccc3ccccc3c2)C1. The smallest absolute Gasteiger partial charge is 0.243 e. The molecule has 1 aliphatic heterocycles. The molecule has 4 nitrogen and oxygen atoms in total. The second-order valence-corrected chi connectivity index (χ2v) is 15.0. The minimum Gasteiger partial charge on any atom is -0.320 e. The highest BCUT2D eigenvalue weighted by Gasteiger charge is 2.35. The summed E-state index contributed by atoms with van der Waals surface area (Å²) in [6, 6.07) is 35.0. The van der Waals surface area contributed by atoms with Crippen LogP contribution in [0.3, 0.4) is 0 Å². The van der Waals surface area contributed by atoms with Crippen LogP contribution in [0.4, 0.5) is 0 Å². The number of aryl methyl sites for hydroxylation is 2. The van der Waals surface area contributed by atoms with Gasteiger partial charge >= 0.3 is 0 Å². The van der Waals surface area contributed by atoms with E-state index in [1.807, 2.05) is 48.5 Å². The van der Waals surface area contributed by atoms with Crippen molar-refractivity contribution in [2.75, 3.05) is 26.2 Å². The molecular weight excluding hydrogens is 561 g/mol. The van der Waals surface area contributed by atoms with Crippen LogP contribution in [0.2, 0.25) is 0 Å². The van der Waals surface area contributed by atoms with E-state index < -0.39 is 10.0 Å². The Morgan fingerprint density at radius 2 is 1.39 bits per heavy atom. The number of nitrogens with zero attached hydrogens (tertiary/aromatic N) is 2. The van der Waals surface area contributed by atoms with Gasteiger partial charge in [0.05, 0.1) is 24.5 Å². The molecule has 0 amide bonds. The molecule has 0 aromatic heterocycles. The van der Waals surface area contributed by atoms with E-state index in [9.17, 15) is 8.42 Å². The monoisotopic (exact) mass is 605 g/mol. The number of likely N-dealkylation sites (tertiary alicyclic amines) is 1. The van der Waals surface area contributed by atoms with Crippen LogP contribution in [0.1, 0.15) is 48.4 Å². The average molecular weight is 606 g/mol. The van der Waals surface area contributed by atoms with Crippen molar-refractivity contribution in [2.45, 2.75) is 58.0 Å². The maximum absolute atomic E-state index is 14.3. The predicted molar refractivity (Wildman–Crippen MR) is 183 cm³/mol. The lowest BCUT2D eigenvalue weighted by molar-refractivity contribution is -0.947. The Hall–Kier alpha value is -3.51. The summed E-state index contributed by atoms with van der Waals surface area (Å²) in [4.78, 5) is 0.370. The molecule has 0 saturated carbocycles. The quantitative estimate of drug-likeness (QED) is 0.149. The van der Waals surface area contributed by atoms with Crippen molar-refractivity contribution in [1.82, 2.24) is 4.31 Å². The molecule has 228 valence electrons. The molecule has 6 rings (SSSR count). The molecule has 1 heterocycles. The molecule has 0 radical (unpaired) electrons. The molecule has 5 heteroatoms. The third kappa shape index (κ3) is 6.76. The molecule has 5 aromatic carbocycles. The molecule has 1 saturated heterocycles. The number of quaternary nitrogens is 1. The average Bonchev–Trinajstić information content (AvgIpc) is 3.02. The minimum absolute atomic E-state index is 0.364. The van der Waals surface area contributed by atoms with Gasteiger partial charge in [-0.15, -0.1) is 0 Å². The number of fused-ring (bicyclic) bond motifs is 2. The Morgan fingerprint density at radius 1 is 0.750 bits per heavy atom. The predicted octanol–water partition coefficient (Wildman–Crippen LogP) is 8.64. The van der Waals surface area contributed by atoms with E-state index in [0.717, 1.165) is 58.7 Å². The standard InChI is InChI=1S/C39H45N2O2S/c1-4-41(29-34-23-30(2)22-31(3)24-34)21-9-10-32(28-41)19-20-40(27-33-15-16-35-11-5-7-13-37(35)25-33)44(42,43)39-18-17-36-12-6-8-14-38(36)26-39/h5-8,11-18,22-26,32H,4,9-10,19-21,27-29H2,1-3H3/q+1. The molecule has 0 aliphatic carbocycles. The number of sulfonamides is 1. The summed E-state index contributed by atoms with van der Waals surface area (Å²) in [5.74, 6) is 0.487. The summed E-state index contributed by atoms with van der Waals surface area (Å²) >= 11 is 0. The maximum atomic E-state index is 14.3. The normalized spacial score (nSPS) is 19.1. The molecule has 2 atom stereocenters. The number of rotatable bonds is 10. The zero-order valence-electron chi connectivity index (χ0n) is 26.4. The van der Waals surface area contributed by atoms with E-state index >= 15 is 0 Å². The van der Waals surface area contributed by atoms with Crippen molar-refractivity contribution < 1.29 is 12.9 Å². The van der Waals surface area contributed by atoms with Gasteiger partial charge in [0, 0.05) is 24.6 Å². The van der Waals surface area contributed by atoms with Crippen LogP contribution in [-0.2, 0) is 23.1 Å². The van der Waals surface area contributed by atoms with E-state index in [0.29, 0.717) is 23.9 Å². The molecule has 44 heavy (non-hydrogen) atoms. The summed E-state index contributed by atoms with van der Waals surface area (Å²) in [7, 11) is -3.71. The van der Waals surface area contributed by atoms with Gasteiger partial charge in [-0.1, -0.05) is 96.1 Å². The molecule has 0 bridgehead atoms. The van der Waals surface area contributed by atoms with Gasteiger partial charge in [0.25, 0.3) is 0 Å². The lowest BCUT2D eigenvalue weighted by Crippen LogP contribution is -2.53. The minimum atomic E-state index is -3.71. The first-order chi connectivity index (χ1) is 21.2. The molecule has 0 N–H and O–H groups in total. The Labute approximate surface area is 263 Å². The topological polar surface area (TPSA) is 37.4 Å². The maximum Gasteiger partial charge on any atom is 0.243 e. The fourth-order valence-corrected chi connectivity index (χ4v) is 8.88. The van der Waals surface area contributed by atoms with E-state index in [-0.39, 0.29) is 0 Å². The Kier molecular flexibility index (Phi) is 8.91. The van der Waals surface area contributed by atoms with Crippen molar-refractivity contribution >= 4 is 31.6 Å². The molecular formula is C39H45N2O2S+. The molecule has 0 spiro atoms. The Morgan fingerprint density at radius 3 is 2.07 bits per heavy atom. The molecule has 5 aromatic rings. The van der Waals surface area contributed by atoms with Crippen molar-refractivity contribution in [3.63, 3.8) is 0 Å². The van der Waals surface area contributed by atoms with Crippen molar-refractivity contribution in [3.8, 4) is 0 Å². The van der Waals surface area contributed by atoms with Crippen LogP contribution in [0, 0.1) is 19.8 Å². The van der Waals surface area contributed by atoms with Gasteiger partial charge in [-0.25, -0.2) is 8.42 Å². The fraction of sp³-hybridized carbons (Fsp3) is 0.333. The van der Waals surface area contributed by atoms with Crippen LogP contribution in [0.15, 0.2) is 108 Å². The van der Waals surface area contributed by atoms with Gasteiger partial charge in [-0.2, -0.15) is 4.31 Å². The van der Waals surface area contributed by atoms with E-state index in [1.54, 1.807) is 10.4 Å². The zero-order chi connectivity index (χ0) is 30.7. The largest absolute Gasteiger partial charge is 0.320 e. The van der Waals surface area contributed by atoms with Crippen LogP contribution in [-0.4, -0.2) is 43.4 Å². The van der Waals surface area contributed by atoms with Gasteiger partial charge < -0.3 is 4.48 Å². The summed E-state index contributed by atoms with van der Waals surface area (Å²) in [5, 5.41) is 4.30. The second-order valence-electron chi connectivity index (χ2n) is 13.0. The van der Waals surface area contributed by atoms with Gasteiger partial charge in [0.15, 0.2) is 0 Å². The second kappa shape index (κ2) is 12.8. The van der Waals surface area contributed by atoms with Crippen molar-refractivity contribution in [1.29, 1.82) is 0 Å². The highest BCUT2D eigenvalue weighted by atomic mass is 32.2. The Balaban J connectivity index is 1.26. The number of hydrogen-bond acceptors (Lipinski definition) is 2. The summed E-state index contributed by atoms with van der Waals surface area (Å²) < 4.78 is 31.5. The van der Waals surface area contributed by atoms with Crippen LogP contribution in [0.25, 0.3) is 21.5 Å². The van der Waals surface area contributed by atoms with E-state index in [1.165, 1.54) is 35.0 Å². The van der Waals surface area contributed by atoms with Crippen molar-refractivity contribution in [2.24, 2.45) is 5.92 Å². The zero-order valence-corrected chi connectivity index (χ0v) is 27.2. The summed E-state index contributed by atoms with van der Waals surface area (Å²) in [6.45, 7) is 12.0. The van der Waals surface area contributed by atoms with Gasteiger partial charge in [-0.05, 0) is 85.3 Å². The van der Waals surface area contributed by atoms with Crippen LogP contribution < -0.4 is 0 Å². The van der Waals surface area contributed by atoms with Gasteiger partial charge in [-0.3, -0.25) is 0 Å². The third-order valence-electron chi connectivity index (χ3n) is 9.68. The lowest BCUT2D eigenvalue weighted by Gasteiger charge is -2.44. The number of piperidine rings is 1. The third-order valence-corrected chi connectivity index (χ3v) is 11.5. The van der Waals surface area contributed by atoms with Gasteiger partial charge in [0.2, 0.25) is 10.0 Å². The summed E-state index contributed by atoms with van der Waals surface area (Å²) in [6.07, 6.45) is 3.21. The molecule has 2 unspecified atom stereocenters. The molecule has 1 aliphatic rings. The highest BCUT2D eigenvalue weighted by molar-refractivity contribution is 7.89. The molecule has 1 fully saturated rings. The van der Waals surface area contributed by atoms with Crippen LogP contribution >= 0.6 is 0 Å². The number of hydrogen-bond donors (Lipinski definition) is 0.